The van der Waals surface area contributed by atoms with Crippen molar-refractivity contribution in [1.82, 2.24) is 15.2 Å². The molecule has 170 valence electrons. The van der Waals surface area contributed by atoms with Gasteiger partial charge in [-0.25, -0.2) is 0 Å². The highest BCUT2D eigenvalue weighted by Gasteiger charge is 2.55. The van der Waals surface area contributed by atoms with E-state index in [2.05, 4.69) is 67.0 Å². The normalized spacial score (nSPS) is 17.7. The first kappa shape index (κ1) is 24.0. The summed E-state index contributed by atoms with van der Waals surface area (Å²) in [7, 11) is 2.06. The summed E-state index contributed by atoms with van der Waals surface area (Å²) in [5.41, 5.74) is 1.32. The molecule has 1 aromatic heterocycles. The first-order valence-electron chi connectivity index (χ1n) is 11.2. The number of pyridine rings is 1. The zero-order valence-electron chi connectivity index (χ0n) is 20.3. The second-order valence-corrected chi connectivity index (χ2v) is 10.2. The van der Waals surface area contributed by atoms with Crippen LogP contribution in [0.1, 0.15) is 69.7 Å². The van der Waals surface area contributed by atoms with Crippen LogP contribution < -0.4 is 5.32 Å². The lowest BCUT2D eigenvalue weighted by atomic mass is 9.62. The number of aromatic nitrogens is 1. The lowest BCUT2D eigenvalue weighted by Crippen LogP contribution is -2.63. The van der Waals surface area contributed by atoms with Crippen molar-refractivity contribution < 1.29 is 9.90 Å². The third-order valence-corrected chi connectivity index (χ3v) is 6.27. The lowest BCUT2D eigenvalue weighted by Gasteiger charge is -2.55. The van der Waals surface area contributed by atoms with E-state index >= 15 is 0 Å². The molecule has 1 saturated heterocycles. The second kappa shape index (κ2) is 8.69. The van der Waals surface area contributed by atoms with Crippen LogP contribution in [0.15, 0.2) is 42.7 Å². The molecule has 1 aromatic carbocycles. The number of amides is 1. The van der Waals surface area contributed by atoms with Gasteiger partial charge in [-0.3, -0.25) is 9.78 Å². The number of carbonyl (C=O) groups is 1. The van der Waals surface area contributed by atoms with Crippen LogP contribution in [0, 0.1) is 17.3 Å². The SMILES string of the molecule is CC(=O)NC(C)(C)C#Cc1cncc([C@@](O)(c2ccc(C(C)C)cc2)C2(C)CN(C)C2)c1. The fraction of sp³-hybridized carbons (Fsp3) is 0.481. The summed E-state index contributed by atoms with van der Waals surface area (Å²) < 4.78 is 0. The molecule has 32 heavy (non-hydrogen) atoms. The minimum Gasteiger partial charge on any atom is -0.380 e. The van der Waals surface area contributed by atoms with E-state index in [9.17, 15) is 9.90 Å². The van der Waals surface area contributed by atoms with E-state index in [1.54, 1.807) is 12.4 Å². The lowest BCUT2D eigenvalue weighted by molar-refractivity contribution is -0.127. The van der Waals surface area contributed by atoms with E-state index in [0.717, 1.165) is 24.2 Å². The Morgan fingerprint density at radius 1 is 1.19 bits per heavy atom. The molecule has 2 heterocycles. The molecule has 0 saturated carbocycles. The van der Waals surface area contributed by atoms with E-state index in [0.29, 0.717) is 11.5 Å². The molecular formula is C27H35N3O2. The van der Waals surface area contributed by atoms with Gasteiger partial charge in [-0.15, -0.1) is 0 Å². The van der Waals surface area contributed by atoms with Gasteiger partial charge >= 0.3 is 0 Å². The number of likely N-dealkylation sites (tertiary alicyclic amines) is 1. The van der Waals surface area contributed by atoms with Gasteiger partial charge in [0.15, 0.2) is 0 Å². The Labute approximate surface area is 192 Å². The third-order valence-electron chi connectivity index (χ3n) is 6.27. The van der Waals surface area contributed by atoms with E-state index in [1.165, 1.54) is 12.5 Å². The van der Waals surface area contributed by atoms with Crippen LogP contribution >= 0.6 is 0 Å². The predicted octanol–water partition coefficient (Wildman–Crippen LogP) is 3.66. The Hall–Kier alpha value is -2.68. The Kier molecular flexibility index (Phi) is 6.51. The topological polar surface area (TPSA) is 65.5 Å². The van der Waals surface area contributed by atoms with Gasteiger partial charge in [0.2, 0.25) is 5.91 Å². The van der Waals surface area contributed by atoms with Gasteiger partial charge in [-0.2, -0.15) is 0 Å². The van der Waals surface area contributed by atoms with Gasteiger partial charge in [-0.1, -0.05) is 56.9 Å². The van der Waals surface area contributed by atoms with Crippen molar-refractivity contribution >= 4 is 5.91 Å². The molecule has 1 aliphatic heterocycles. The molecule has 0 bridgehead atoms. The van der Waals surface area contributed by atoms with E-state index in [4.69, 9.17) is 0 Å². The molecule has 0 radical (unpaired) electrons. The molecule has 1 atom stereocenters. The van der Waals surface area contributed by atoms with Gasteiger partial charge in [-0.05, 0) is 44.0 Å². The van der Waals surface area contributed by atoms with Crippen LogP contribution in [0.4, 0.5) is 0 Å². The van der Waals surface area contributed by atoms with Crippen LogP contribution in [-0.4, -0.2) is 46.6 Å². The molecule has 1 fully saturated rings. The summed E-state index contributed by atoms with van der Waals surface area (Å²) >= 11 is 0. The Morgan fingerprint density at radius 2 is 1.81 bits per heavy atom. The molecule has 1 aliphatic rings. The standard InChI is InChI=1S/C27H35N3O2/c1-19(2)22-8-10-23(11-9-22)27(32,26(6)17-30(7)18-26)24-14-21(15-28-16-24)12-13-25(4,5)29-20(3)31/h8-11,14-16,19,32H,17-18H2,1-7H3,(H,29,31)/t27-/m0/s1. The van der Waals surface area contributed by atoms with Crippen LogP contribution in [0.25, 0.3) is 0 Å². The minimum absolute atomic E-state index is 0.127. The van der Waals surface area contributed by atoms with Gasteiger partial charge in [0.05, 0.1) is 5.54 Å². The average Bonchev–Trinajstić information content (AvgIpc) is 2.70. The Balaban J connectivity index is 2.06. The van der Waals surface area contributed by atoms with Crippen molar-refractivity contribution in [2.24, 2.45) is 5.41 Å². The number of nitrogens with one attached hydrogen (secondary N) is 1. The second-order valence-electron chi connectivity index (χ2n) is 10.2. The molecule has 2 N–H and O–H groups in total. The zero-order valence-corrected chi connectivity index (χ0v) is 20.3. The van der Waals surface area contributed by atoms with Gasteiger partial charge in [0.25, 0.3) is 0 Å². The number of carbonyl (C=O) groups excluding carboxylic acids is 1. The highest BCUT2D eigenvalue weighted by Crippen LogP contribution is 2.50. The third kappa shape index (κ3) is 4.72. The predicted molar refractivity (Wildman–Crippen MR) is 128 cm³/mol. The van der Waals surface area contributed by atoms with Crippen LogP contribution in [0.3, 0.4) is 0 Å². The highest BCUT2D eigenvalue weighted by atomic mass is 16.3. The van der Waals surface area contributed by atoms with Crippen LogP contribution in [0.5, 0.6) is 0 Å². The molecule has 1 amide bonds. The van der Waals surface area contributed by atoms with Crippen molar-refractivity contribution in [3.8, 4) is 11.8 Å². The molecule has 2 aromatic rings. The van der Waals surface area contributed by atoms with Crippen LogP contribution in [0.2, 0.25) is 0 Å². The molecule has 3 rings (SSSR count). The number of hydrogen-bond donors (Lipinski definition) is 2. The summed E-state index contributed by atoms with van der Waals surface area (Å²) in [6.45, 7) is 13.2. The molecule has 0 aliphatic carbocycles. The molecular weight excluding hydrogens is 398 g/mol. The number of nitrogens with zero attached hydrogens (tertiary/aromatic N) is 2. The molecule has 0 unspecified atom stereocenters. The van der Waals surface area contributed by atoms with Gasteiger partial charge in [0, 0.05) is 48.9 Å². The zero-order chi connectivity index (χ0) is 23.7. The Bertz CT molecular complexity index is 1040. The molecule has 5 heteroatoms. The summed E-state index contributed by atoms with van der Waals surface area (Å²) in [4.78, 5) is 18.0. The monoisotopic (exact) mass is 433 g/mol. The minimum atomic E-state index is -1.20. The fourth-order valence-electron chi connectivity index (χ4n) is 4.75. The van der Waals surface area contributed by atoms with E-state index in [-0.39, 0.29) is 11.3 Å². The van der Waals surface area contributed by atoms with Crippen molar-refractivity contribution in [3.63, 3.8) is 0 Å². The van der Waals surface area contributed by atoms with E-state index in [1.807, 2.05) is 32.0 Å². The molecule has 0 spiro atoms. The number of benzene rings is 1. The summed E-state index contributed by atoms with van der Waals surface area (Å²) in [5, 5.41) is 15.1. The smallest absolute Gasteiger partial charge is 0.218 e. The van der Waals surface area contributed by atoms with Gasteiger partial charge in [0.1, 0.15) is 5.60 Å². The van der Waals surface area contributed by atoms with Crippen molar-refractivity contribution in [3.05, 3.63) is 65.0 Å². The van der Waals surface area contributed by atoms with E-state index < -0.39 is 11.1 Å². The molecule has 5 nitrogen and oxygen atoms in total. The average molecular weight is 434 g/mol. The Morgan fingerprint density at radius 3 is 2.34 bits per heavy atom. The van der Waals surface area contributed by atoms with Crippen LogP contribution in [-0.2, 0) is 10.4 Å². The highest BCUT2D eigenvalue weighted by molar-refractivity contribution is 5.74. The first-order valence-corrected chi connectivity index (χ1v) is 11.2. The summed E-state index contributed by atoms with van der Waals surface area (Å²) in [6.07, 6.45) is 3.43. The van der Waals surface area contributed by atoms with Crippen molar-refractivity contribution in [2.75, 3.05) is 20.1 Å². The number of rotatable bonds is 5. The number of aliphatic hydroxyl groups is 1. The maximum Gasteiger partial charge on any atom is 0.218 e. The van der Waals surface area contributed by atoms with Crippen molar-refractivity contribution in [2.45, 2.75) is 58.6 Å². The largest absolute Gasteiger partial charge is 0.380 e. The maximum atomic E-state index is 12.3. The maximum absolute atomic E-state index is 12.3. The first-order chi connectivity index (χ1) is 14.9. The van der Waals surface area contributed by atoms with Gasteiger partial charge < -0.3 is 15.3 Å². The fourth-order valence-corrected chi connectivity index (χ4v) is 4.75. The summed E-state index contributed by atoms with van der Waals surface area (Å²) in [5.74, 6) is 6.53. The quantitative estimate of drug-likeness (QED) is 0.707. The summed E-state index contributed by atoms with van der Waals surface area (Å²) in [6, 6.07) is 10.2. The van der Waals surface area contributed by atoms with Crippen molar-refractivity contribution in [1.29, 1.82) is 0 Å². The number of hydrogen-bond acceptors (Lipinski definition) is 4.